The van der Waals surface area contributed by atoms with Gasteiger partial charge in [0.05, 0.1) is 18.8 Å². The summed E-state index contributed by atoms with van der Waals surface area (Å²) in [5.41, 5.74) is 2.19. The maximum atomic E-state index is 7.24. The molecule has 1 aromatic carbocycles. The average molecular weight is 573 g/mol. The van der Waals surface area contributed by atoms with Gasteiger partial charge in [-0.15, -0.1) is 6.42 Å². The van der Waals surface area contributed by atoms with Gasteiger partial charge >= 0.3 is 0 Å². The summed E-state index contributed by atoms with van der Waals surface area (Å²) in [6, 6.07) is 10.4. The maximum absolute atomic E-state index is 7.24. The fourth-order valence-electron chi connectivity index (χ4n) is 4.18. The second kappa shape index (κ2) is 15.2. The summed E-state index contributed by atoms with van der Waals surface area (Å²) in [5.74, 6) is 3.41. The van der Waals surface area contributed by atoms with Crippen LogP contribution in [-0.4, -0.2) is 35.4 Å². The van der Waals surface area contributed by atoms with Crippen LogP contribution in [0.4, 0.5) is 0 Å². The Morgan fingerprint density at radius 1 is 0.923 bits per heavy atom. The van der Waals surface area contributed by atoms with E-state index in [1.165, 1.54) is 5.56 Å². The zero-order chi connectivity index (χ0) is 30.1. The van der Waals surface area contributed by atoms with Crippen LogP contribution >= 0.6 is 0 Å². The van der Waals surface area contributed by atoms with E-state index in [0.29, 0.717) is 12.5 Å². The minimum Gasteiger partial charge on any atom is -0.413 e. The van der Waals surface area contributed by atoms with Crippen LogP contribution in [0.3, 0.4) is 0 Å². The minimum absolute atomic E-state index is 0.0562. The first-order valence-electron chi connectivity index (χ1n) is 14.9. The van der Waals surface area contributed by atoms with Crippen molar-refractivity contribution in [3.63, 3.8) is 0 Å². The van der Waals surface area contributed by atoms with Crippen LogP contribution in [0.1, 0.15) is 87.1 Å². The van der Waals surface area contributed by atoms with E-state index in [1.54, 1.807) is 0 Å². The molecule has 39 heavy (non-hydrogen) atoms. The highest BCUT2D eigenvalue weighted by molar-refractivity contribution is 6.74. The molecule has 1 rings (SSSR count). The van der Waals surface area contributed by atoms with E-state index in [1.807, 2.05) is 13.0 Å². The standard InChI is InChI=1S/C34H60O3Si2/c1-15-27(2)23-24-31(36-38(11,12)33(5,6)7)29(4)32(37-39(13,14)34(8,9)10)28(3)20-19-25-35-26-30-21-17-16-18-22-30/h1,16-18,21-23,28-29,31-32H,19-20,24-26H2,2-14H3/b27-23+/t28-,29+,31+,32+/m1/s1. The van der Waals surface area contributed by atoms with Crippen molar-refractivity contribution in [1.29, 1.82) is 0 Å². The van der Waals surface area contributed by atoms with Gasteiger partial charge in [0.25, 0.3) is 0 Å². The number of benzene rings is 1. The van der Waals surface area contributed by atoms with E-state index in [4.69, 9.17) is 20.0 Å². The van der Waals surface area contributed by atoms with Crippen molar-refractivity contribution in [2.45, 2.75) is 137 Å². The lowest BCUT2D eigenvalue weighted by molar-refractivity contribution is 0.00321. The first-order chi connectivity index (χ1) is 17.8. The smallest absolute Gasteiger partial charge is 0.192 e. The maximum Gasteiger partial charge on any atom is 0.192 e. The van der Waals surface area contributed by atoms with Crippen molar-refractivity contribution in [3.05, 3.63) is 47.5 Å². The Hall–Kier alpha value is -1.17. The largest absolute Gasteiger partial charge is 0.413 e. The number of hydrogen-bond donors (Lipinski definition) is 0. The normalized spacial score (nSPS) is 16.9. The molecule has 0 aliphatic rings. The molecule has 3 nitrogen and oxygen atoms in total. The van der Waals surface area contributed by atoms with Gasteiger partial charge < -0.3 is 13.6 Å². The lowest BCUT2D eigenvalue weighted by Crippen LogP contribution is -2.52. The Labute approximate surface area is 244 Å². The lowest BCUT2D eigenvalue weighted by Gasteiger charge is -2.46. The van der Waals surface area contributed by atoms with Crippen LogP contribution in [0.2, 0.25) is 36.3 Å². The van der Waals surface area contributed by atoms with Crippen LogP contribution in [-0.2, 0) is 20.2 Å². The van der Waals surface area contributed by atoms with Crippen molar-refractivity contribution in [1.82, 2.24) is 0 Å². The van der Waals surface area contributed by atoms with Crippen molar-refractivity contribution in [3.8, 4) is 12.3 Å². The highest BCUT2D eigenvalue weighted by Crippen LogP contribution is 2.43. The fourth-order valence-corrected chi connectivity index (χ4v) is 7.09. The zero-order valence-corrected chi connectivity index (χ0v) is 29.6. The molecule has 0 fully saturated rings. The van der Waals surface area contributed by atoms with Gasteiger partial charge in [0, 0.05) is 12.5 Å². The average Bonchev–Trinajstić information content (AvgIpc) is 2.83. The van der Waals surface area contributed by atoms with E-state index in [9.17, 15) is 0 Å². The van der Waals surface area contributed by atoms with Crippen molar-refractivity contribution in [2.75, 3.05) is 6.61 Å². The van der Waals surface area contributed by atoms with E-state index in [-0.39, 0.29) is 28.2 Å². The van der Waals surface area contributed by atoms with E-state index in [2.05, 4.69) is 118 Å². The first kappa shape index (κ1) is 35.9. The van der Waals surface area contributed by atoms with Gasteiger partial charge in [0.1, 0.15) is 0 Å². The van der Waals surface area contributed by atoms with Gasteiger partial charge in [-0.3, -0.25) is 0 Å². The molecule has 4 atom stereocenters. The third-order valence-electron chi connectivity index (χ3n) is 9.10. The fraction of sp³-hybridized carbons (Fsp3) is 0.706. The molecule has 0 aliphatic heterocycles. The topological polar surface area (TPSA) is 27.7 Å². The molecular weight excluding hydrogens is 513 g/mol. The number of allylic oxidation sites excluding steroid dienone is 1. The van der Waals surface area contributed by atoms with E-state index >= 15 is 0 Å². The monoisotopic (exact) mass is 572 g/mol. The molecule has 0 bridgehead atoms. The van der Waals surface area contributed by atoms with Crippen molar-refractivity contribution < 1.29 is 13.6 Å². The molecule has 222 valence electrons. The summed E-state index contributed by atoms with van der Waals surface area (Å²) in [5, 5.41) is 0.270. The number of hydrogen-bond acceptors (Lipinski definition) is 3. The molecule has 0 radical (unpaired) electrons. The second-order valence-corrected chi connectivity index (χ2v) is 24.1. The second-order valence-electron chi connectivity index (χ2n) is 14.5. The molecule has 0 heterocycles. The van der Waals surface area contributed by atoms with Gasteiger partial charge in [-0.1, -0.05) is 97.7 Å². The van der Waals surface area contributed by atoms with Gasteiger partial charge in [-0.05, 0) is 79.5 Å². The molecule has 0 N–H and O–H groups in total. The Balaban J connectivity index is 3.16. The molecule has 0 aliphatic carbocycles. The third kappa shape index (κ3) is 11.7. The summed E-state index contributed by atoms with van der Waals surface area (Å²) < 4.78 is 20.4. The van der Waals surface area contributed by atoms with Gasteiger partial charge in [-0.25, -0.2) is 0 Å². The first-order valence-corrected chi connectivity index (χ1v) is 20.7. The molecule has 0 aromatic heterocycles. The quantitative estimate of drug-likeness (QED) is 0.119. The number of rotatable bonds is 15. The molecule has 0 spiro atoms. The number of terminal acetylenes is 1. The van der Waals surface area contributed by atoms with E-state index in [0.717, 1.165) is 31.4 Å². The SMILES string of the molecule is C#C/C(C)=C/C[C@H](O[Si](C)(C)C(C)(C)C)[C@H](C)[C@@H](O[Si](C)(C)C(C)(C)C)[C@H](C)CCCOCc1ccccc1. The molecule has 0 saturated heterocycles. The van der Waals surface area contributed by atoms with Gasteiger partial charge in [0.2, 0.25) is 0 Å². The number of ether oxygens (including phenoxy) is 1. The van der Waals surface area contributed by atoms with Gasteiger partial charge in [-0.2, -0.15) is 0 Å². The third-order valence-corrected chi connectivity index (χ3v) is 18.1. The molecule has 0 saturated carbocycles. The molecular formula is C34H60O3Si2. The van der Waals surface area contributed by atoms with Crippen LogP contribution < -0.4 is 0 Å². The summed E-state index contributed by atoms with van der Waals surface area (Å²) in [7, 11) is -4.01. The molecule has 1 aromatic rings. The Morgan fingerprint density at radius 2 is 1.46 bits per heavy atom. The van der Waals surface area contributed by atoms with E-state index < -0.39 is 16.6 Å². The van der Waals surface area contributed by atoms with Crippen LogP contribution in [0.5, 0.6) is 0 Å². The predicted octanol–water partition coefficient (Wildman–Crippen LogP) is 10.0. The summed E-state index contributed by atoms with van der Waals surface area (Å²) in [6.07, 6.45) is 10.9. The summed E-state index contributed by atoms with van der Waals surface area (Å²) in [6.45, 7) is 31.5. The van der Waals surface area contributed by atoms with Crippen LogP contribution in [0, 0.1) is 24.2 Å². The molecule has 5 heteroatoms. The van der Waals surface area contributed by atoms with Crippen LogP contribution in [0.15, 0.2) is 42.0 Å². The van der Waals surface area contributed by atoms with Crippen LogP contribution in [0.25, 0.3) is 0 Å². The Kier molecular flexibility index (Phi) is 14.0. The van der Waals surface area contributed by atoms with Crippen molar-refractivity contribution >= 4 is 16.6 Å². The molecule has 0 amide bonds. The predicted molar refractivity (Wildman–Crippen MR) is 175 cm³/mol. The highest BCUT2D eigenvalue weighted by atomic mass is 28.4. The zero-order valence-electron chi connectivity index (χ0n) is 27.6. The summed E-state index contributed by atoms with van der Waals surface area (Å²) in [4.78, 5) is 0. The summed E-state index contributed by atoms with van der Waals surface area (Å²) >= 11 is 0. The lowest BCUT2D eigenvalue weighted by atomic mass is 9.85. The van der Waals surface area contributed by atoms with Crippen molar-refractivity contribution in [2.24, 2.45) is 11.8 Å². The highest BCUT2D eigenvalue weighted by Gasteiger charge is 2.45. The minimum atomic E-state index is -2.01. The molecule has 0 unspecified atom stereocenters. The Morgan fingerprint density at radius 3 is 1.97 bits per heavy atom. The van der Waals surface area contributed by atoms with Gasteiger partial charge in [0.15, 0.2) is 16.6 Å². The Bertz CT molecular complexity index is 916.